The third-order valence-corrected chi connectivity index (χ3v) is 4.68. The van der Waals surface area contributed by atoms with Crippen molar-refractivity contribution in [3.63, 3.8) is 0 Å². The highest BCUT2D eigenvalue weighted by atomic mass is 16.5. The Morgan fingerprint density at radius 2 is 2.08 bits per heavy atom. The van der Waals surface area contributed by atoms with Gasteiger partial charge in [-0.25, -0.2) is 0 Å². The summed E-state index contributed by atoms with van der Waals surface area (Å²) < 4.78 is 5.57. The van der Waals surface area contributed by atoms with Crippen molar-refractivity contribution in [2.24, 2.45) is 5.92 Å². The third-order valence-electron chi connectivity index (χ3n) is 4.68. The van der Waals surface area contributed by atoms with E-state index in [1.165, 1.54) is 5.56 Å². The SMILES string of the molecule is CCCC(C)NC(=O)C1CCN(Cc2cccc(OCC)c2)CC1. The second-order valence-electron chi connectivity index (χ2n) is 6.83. The van der Waals surface area contributed by atoms with Gasteiger partial charge in [0.25, 0.3) is 0 Å². The molecule has 1 aliphatic heterocycles. The predicted molar refractivity (Wildman–Crippen MR) is 98.1 cm³/mol. The van der Waals surface area contributed by atoms with E-state index in [-0.39, 0.29) is 11.8 Å². The first-order valence-electron chi connectivity index (χ1n) is 9.36. The molecule has 4 heteroatoms. The van der Waals surface area contributed by atoms with Crippen LogP contribution in [0.25, 0.3) is 0 Å². The molecule has 1 aromatic carbocycles. The molecule has 0 aliphatic carbocycles. The number of ether oxygens (including phenoxy) is 1. The second kappa shape index (κ2) is 9.67. The van der Waals surface area contributed by atoms with Gasteiger partial charge in [0.2, 0.25) is 5.91 Å². The van der Waals surface area contributed by atoms with E-state index in [0.29, 0.717) is 12.6 Å². The lowest BCUT2D eigenvalue weighted by Crippen LogP contribution is -2.42. The topological polar surface area (TPSA) is 41.6 Å². The molecule has 1 unspecified atom stereocenters. The Balaban J connectivity index is 1.78. The second-order valence-corrected chi connectivity index (χ2v) is 6.83. The van der Waals surface area contributed by atoms with Crippen LogP contribution in [0.4, 0.5) is 0 Å². The molecule has 0 spiro atoms. The van der Waals surface area contributed by atoms with Gasteiger partial charge in [0.15, 0.2) is 0 Å². The molecule has 1 aromatic rings. The molecule has 1 N–H and O–H groups in total. The summed E-state index contributed by atoms with van der Waals surface area (Å²) in [7, 11) is 0. The highest BCUT2D eigenvalue weighted by Gasteiger charge is 2.25. The molecule has 1 saturated heterocycles. The lowest BCUT2D eigenvalue weighted by molar-refractivity contribution is -0.127. The van der Waals surface area contributed by atoms with Gasteiger partial charge in [-0.1, -0.05) is 25.5 Å². The lowest BCUT2D eigenvalue weighted by atomic mass is 9.95. The molecule has 0 saturated carbocycles. The first-order valence-corrected chi connectivity index (χ1v) is 9.36. The van der Waals surface area contributed by atoms with Crippen molar-refractivity contribution >= 4 is 5.91 Å². The van der Waals surface area contributed by atoms with Crippen molar-refractivity contribution in [1.29, 1.82) is 0 Å². The first kappa shape index (κ1) is 18.8. The Bertz CT molecular complexity index is 510. The minimum Gasteiger partial charge on any atom is -0.494 e. The van der Waals surface area contributed by atoms with Crippen LogP contribution < -0.4 is 10.1 Å². The summed E-state index contributed by atoms with van der Waals surface area (Å²) >= 11 is 0. The average Bonchev–Trinajstić information content (AvgIpc) is 2.56. The minimum absolute atomic E-state index is 0.176. The molecule has 0 aromatic heterocycles. The number of rotatable bonds is 8. The summed E-state index contributed by atoms with van der Waals surface area (Å²) in [6.45, 7) is 9.85. The van der Waals surface area contributed by atoms with Crippen molar-refractivity contribution in [1.82, 2.24) is 10.2 Å². The molecule has 4 nitrogen and oxygen atoms in total. The normalized spacial score (nSPS) is 17.5. The van der Waals surface area contributed by atoms with E-state index in [2.05, 4.69) is 42.3 Å². The van der Waals surface area contributed by atoms with Crippen LogP contribution >= 0.6 is 0 Å². The molecule has 1 heterocycles. The third kappa shape index (κ3) is 5.82. The summed E-state index contributed by atoms with van der Waals surface area (Å²) in [6.07, 6.45) is 4.08. The molecule has 2 rings (SSSR count). The molecular formula is C20H32N2O2. The quantitative estimate of drug-likeness (QED) is 0.791. The van der Waals surface area contributed by atoms with Gasteiger partial charge in [-0.3, -0.25) is 9.69 Å². The van der Waals surface area contributed by atoms with E-state index >= 15 is 0 Å². The van der Waals surface area contributed by atoms with Crippen molar-refractivity contribution in [2.75, 3.05) is 19.7 Å². The van der Waals surface area contributed by atoms with Gasteiger partial charge in [0.05, 0.1) is 6.61 Å². The minimum atomic E-state index is 0.176. The highest BCUT2D eigenvalue weighted by Crippen LogP contribution is 2.21. The number of carbonyl (C=O) groups is 1. The molecule has 134 valence electrons. The number of nitrogens with zero attached hydrogens (tertiary/aromatic N) is 1. The van der Waals surface area contributed by atoms with Crippen LogP contribution in [0.15, 0.2) is 24.3 Å². The zero-order chi connectivity index (χ0) is 17.4. The summed E-state index contributed by atoms with van der Waals surface area (Å²) in [6, 6.07) is 8.61. The van der Waals surface area contributed by atoms with E-state index in [0.717, 1.165) is 51.1 Å². The monoisotopic (exact) mass is 332 g/mol. The van der Waals surface area contributed by atoms with Crippen LogP contribution in [0.1, 0.15) is 52.0 Å². The number of carbonyl (C=O) groups excluding carboxylic acids is 1. The fourth-order valence-corrected chi connectivity index (χ4v) is 3.38. The van der Waals surface area contributed by atoms with Crippen LogP contribution in [0.5, 0.6) is 5.75 Å². The average molecular weight is 332 g/mol. The van der Waals surface area contributed by atoms with Crippen molar-refractivity contribution in [2.45, 2.75) is 59.0 Å². The molecule has 0 radical (unpaired) electrons. The maximum absolute atomic E-state index is 12.3. The molecule has 1 aliphatic rings. The first-order chi connectivity index (χ1) is 11.6. The molecule has 1 atom stereocenters. The molecular weight excluding hydrogens is 300 g/mol. The van der Waals surface area contributed by atoms with E-state index in [4.69, 9.17) is 4.74 Å². The number of benzene rings is 1. The van der Waals surface area contributed by atoms with Crippen molar-refractivity contribution < 1.29 is 9.53 Å². The number of hydrogen-bond donors (Lipinski definition) is 1. The molecule has 24 heavy (non-hydrogen) atoms. The Kier molecular flexibility index (Phi) is 7.57. The molecule has 1 amide bonds. The predicted octanol–water partition coefficient (Wildman–Crippen LogP) is 3.60. The van der Waals surface area contributed by atoms with Gasteiger partial charge in [-0.05, 0) is 63.9 Å². The fraction of sp³-hybridized carbons (Fsp3) is 0.650. The molecule has 0 bridgehead atoms. The Morgan fingerprint density at radius 3 is 2.75 bits per heavy atom. The van der Waals surface area contributed by atoms with Gasteiger partial charge in [-0.2, -0.15) is 0 Å². The van der Waals surface area contributed by atoms with Crippen LogP contribution in [0.3, 0.4) is 0 Å². The summed E-state index contributed by atoms with van der Waals surface area (Å²) in [5.74, 6) is 1.36. The standard InChI is InChI=1S/C20H32N2O2/c1-4-7-16(3)21-20(23)18-10-12-22(13-11-18)15-17-8-6-9-19(14-17)24-5-2/h6,8-9,14,16,18H,4-5,7,10-13,15H2,1-3H3,(H,21,23). The van der Waals surface area contributed by atoms with E-state index in [1.54, 1.807) is 0 Å². The van der Waals surface area contributed by atoms with Crippen LogP contribution in [-0.2, 0) is 11.3 Å². The van der Waals surface area contributed by atoms with E-state index in [1.807, 2.05) is 13.0 Å². The Morgan fingerprint density at radius 1 is 1.33 bits per heavy atom. The highest BCUT2D eigenvalue weighted by molar-refractivity contribution is 5.79. The number of nitrogens with one attached hydrogen (secondary N) is 1. The summed E-state index contributed by atoms with van der Waals surface area (Å²) in [4.78, 5) is 14.8. The van der Waals surface area contributed by atoms with Gasteiger partial charge in [0, 0.05) is 18.5 Å². The maximum Gasteiger partial charge on any atom is 0.223 e. The van der Waals surface area contributed by atoms with Crippen LogP contribution in [0.2, 0.25) is 0 Å². The number of likely N-dealkylation sites (tertiary alicyclic amines) is 1. The number of hydrogen-bond acceptors (Lipinski definition) is 3. The fourth-order valence-electron chi connectivity index (χ4n) is 3.38. The molecule has 1 fully saturated rings. The van der Waals surface area contributed by atoms with Crippen molar-refractivity contribution in [3.05, 3.63) is 29.8 Å². The number of amides is 1. The van der Waals surface area contributed by atoms with Crippen molar-refractivity contribution in [3.8, 4) is 5.75 Å². The van der Waals surface area contributed by atoms with Gasteiger partial charge < -0.3 is 10.1 Å². The number of piperidine rings is 1. The zero-order valence-electron chi connectivity index (χ0n) is 15.4. The summed E-state index contributed by atoms with van der Waals surface area (Å²) in [5, 5.41) is 3.16. The maximum atomic E-state index is 12.3. The smallest absolute Gasteiger partial charge is 0.223 e. The van der Waals surface area contributed by atoms with E-state index in [9.17, 15) is 4.79 Å². The Hall–Kier alpha value is -1.55. The summed E-state index contributed by atoms with van der Waals surface area (Å²) in [5.41, 5.74) is 1.28. The zero-order valence-corrected chi connectivity index (χ0v) is 15.4. The van der Waals surface area contributed by atoms with E-state index < -0.39 is 0 Å². The van der Waals surface area contributed by atoms with Crippen LogP contribution in [-0.4, -0.2) is 36.5 Å². The Labute approximate surface area is 146 Å². The lowest BCUT2D eigenvalue weighted by Gasteiger charge is -2.32. The van der Waals surface area contributed by atoms with Crippen LogP contribution in [0, 0.1) is 5.92 Å². The largest absolute Gasteiger partial charge is 0.494 e. The van der Waals surface area contributed by atoms with Gasteiger partial charge in [0.1, 0.15) is 5.75 Å². The van der Waals surface area contributed by atoms with Gasteiger partial charge >= 0.3 is 0 Å². The van der Waals surface area contributed by atoms with Gasteiger partial charge in [-0.15, -0.1) is 0 Å².